The summed E-state index contributed by atoms with van der Waals surface area (Å²) in [7, 11) is -3.49. The second-order valence-electron chi connectivity index (χ2n) is 3.97. The number of anilines is 1. The van der Waals surface area contributed by atoms with E-state index < -0.39 is 10.0 Å². The van der Waals surface area contributed by atoms with E-state index in [2.05, 4.69) is 4.72 Å². The minimum atomic E-state index is -3.49. The first-order valence-corrected chi connectivity index (χ1v) is 7.27. The van der Waals surface area contributed by atoms with Crippen molar-refractivity contribution in [1.82, 2.24) is 0 Å². The third kappa shape index (κ3) is 2.90. The SMILES string of the molecule is CCc1ccc(S(=O)(=O)Nc2ccccc2)cc1. The number of benzene rings is 2. The molecule has 0 heterocycles. The number of para-hydroxylation sites is 1. The molecule has 2 rings (SSSR count). The van der Waals surface area contributed by atoms with Crippen LogP contribution in [0.3, 0.4) is 0 Å². The second-order valence-corrected chi connectivity index (χ2v) is 5.65. The Balaban J connectivity index is 2.25. The standard InChI is InChI=1S/C14H15NO2S/c1-2-12-8-10-14(11-9-12)18(16,17)15-13-6-4-3-5-7-13/h3-11,15H,2H2,1H3. The summed E-state index contributed by atoms with van der Waals surface area (Å²) in [5.74, 6) is 0. The average molecular weight is 261 g/mol. The Morgan fingerprint density at radius 2 is 1.56 bits per heavy atom. The van der Waals surface area contributed by atoms with Crippen LogP contribution < -0.4 is 4.72 Å². The summed E-state index contributed by atoms with van der Waals surface area (Å²) < 4.78 is 26.7. The Labute approximate surface area is 108 Å². The van der Waals surface area contributed by atoms with Gasteiger partial charge in [0.05, 0.1) is 4.90 Å². The van der Waals surface area contributed by atoms with Crippen LogP contribution in [0.15, 0.2) is 59.5 Å². The van der Waals surface area contributed by atoms with E-state index >= 15 is 0 Å². The largest absolute Gasteiger partial charge is 0.280 e. The van der Waals surface area contributed by atoms with Crippen molar-refractivity contribution in [1.29, 1.82) is 0 Å². The zero-order valence-corrected chi connectivity index (χ0v) is 10.9. The van der Waals surface area contributed by atoms with Gasteiger partial charge in [0.2, 0.25) is 0 Å². The fourth-order valence-corrected chi connectivity index (χ4v) is 2.68. The lowest BCUT2D eigenvalue weighted by molar-refractivity contribution is 0.601. The zero-order chi connectivity index (χ0) is 13.0. The molecule has 0 atom stereocenters. The molecule has 0 spiro atoms. The topological polar surface area (TPSA) is 46.2 Å². The van der Waals surface area contributed by atoms with Gasteiger partial charge in [-0.1, -0.05) is 37.3 Å². The molecular weight excluding hydrogens is 246 g/mol. The van der Waals surface area contributed by atoms with Crippen LogP contribution in [-0.2, 0) is 16.4 Å². The maximum atomic E-state index is 12.1. The predicted molar refractivity (Wildman–Crippen MR) is 73.1 cm³/mol. The van der Waals surface area contributed by atoms with Gasteiger partial charge in [-0.05, 0) is 36.2 Å². The van der Waals surface area contributed by atoms with Crippen molar-refractivity contribution in [3.05, 3.63) is 60.2 Å². The summed E-state index contributed by atoms with van der Waals surface area (Å²) in [6, 6.07) is 15.8. The van der Waals surface area contributed by atoms with Crippen LogP contribution in [0.25, 0.3) is 0 Å². The van der Waals surface area contributed by atoms with E-state index in [0.717, 1.165) is 12.0 Å². The predicted octanol–water partition coefficient (Wildman–Crippen LogP) is 3.05. The monoisotopic (exact) mass is 261 g/mol. The van der Waals surface area contributed by atoms with E-state index in [1.54, 1.807) is 36.4 Å². The molecule has 0 aliphatic heterocycles. The first-order valence-electron chi connectivity index (χ1n) is 5.78. The van der Waals surface area contributed by atoms with Gasteiger partial charge in [0, 0.05) is 5.69 Å². The number of hydrogen-bond donors (Lipinski definition) is 1. The maximum absolute atomic E-state index is 12.1. The van der Waals surface area contributed by atoms with Gasteiger partial charge in [0.25, 0.3) is 10.0 Å². The molecule has 3 nitrogen and oxygen atoms in total. The third-order valence-corrected chi connectivity index (χ3v) is 4.07. The van der Waals surface area contributed by atoms with E-state index in [0.29, 0.717) is 5.69 Å². The summed E-state index contributed by atoms with van der Waals surface area (Å²) in [6.07, 6.45) is 0.895. The number of aryl methyl sites for hydroxylation is 1. The van der Waals surface area contributed by atoms with Crippen molar-refractivity contribution in [2.75, 3.05) is 4.72 Å². The van der Waals surface area contributed by atoms with Crippen LogP contribution >= 0.6 is 0 Å². The van der Waals surface area contributed by atoms with Crippen molar-refractivity contribution >= 4 is 15.7 Å². The van der Waals surface area contributed by atoms with Gasteiger partial charge in [-0.25, -0.2) is 8.42 Å². The molecule has 0 aliphatic carbocycles. The Bertz CT molecular complexity index is 604. The van der Waals surface area contributed by atoms with Gasteiger partial charge in [-0.3, -0.25) is 4.72 Å². The first kappa shape index (κ1) is 12.6. The number of hydrogen-bond acceptors (Lipinski definition) is 2. The van der Waals surface area contributed by atoms with Crippen LogP contribution in [0.5, 0.6) is 0 Å². The summed E-state index contributed by atoms with van der Waals surface area (Å²) in [5.41, 5.74) is 1.69. The molecule has 2 aromatic rings. The molecule has 0 aromatic heterocycles. The van der Waals surface area contributed by atoms with Gasteiger partial charge in [-0.15, -0.1) is 0 Å². The normalized spacial score (nSPS) is 11.2. The molecule has 0 saturated heterocycles. The minimum absolute atomic E-state index is 0.281. The molecule has 0 bridgehead atoms. The summed E-state index contributed by atoms with van der Waals surface area (Å²) in [6.45, 7) is 2.03. The molecule has 0 radical (unpaired) electrons. The Hall–Kier alpha value is -1.81. The fraction of sp³-hybridized carbons (Fsp3) is 0.143. The fourth-order valence-electron chi connectivity index (χ4n) is 1.62. The van der Waals surface area contributed by atoms with Crippen LogP contribution in [0.1, 0.15) is 12.5 Å². The van der Waals surface area contributed by atoms with Crippen molar-refractivity contribution in [2.45, 2.75) is 18.2 Å². The van der Waals surface area contributed by atoms with Crippen LogP contribution in [0.2, 0.25) is 0 Å². The first-order chi connectivity index (χ1) is 8.62. The number of rotatable bonds is 4. The average Bonchev–Trinajstić information content (AvgIpc) is 2.39. The Morgan fingerprint density at radius 3 is 2.11 bits per heavy atom. The van der Waals surface area contributed by atoms with Crippen LogP contribution in [0.4, 0.5) is 5.69 Å². The third-order valence-electron chi connectivity index (χ3n) is 2.67. The van der Waals surface area contributed by atoms with Gasteiger partial charge in [-0.2, -0.15) is 0 Å². The van der Waals surface area contributed by atoms with Crippen molar-refractivity contribution in [3.8, 4) is 0 Å². The summed E-state index contributed by atoms with van der Waals surface area (Å²) in [4.78, 5) is 0.281. The highest BCUT2D eigenvalue weighted by molar-refractivity contribution is 7.92. The maximum Gasteiger partial charge on any atom is 0.261 e. The quantitative estimate of drug-likeness (QED) is 0.919. The molecule has 0 saturated carbocycles. The van der Waals surface area contributed by atoms with E-state index in [-0.39, 0.29) is 4.90 Å². The number of nitrogens with one attached hydrogen (secondary N) is 1. The molecule has 0 fully saturated rings. The van der Waals surface area contributed by atoms with Crippen LogP contribution in [-0.4, -0.2) is 8.42 Å². The molecule has 1 N–H and O–H groups in total. The highest BCUT2D eigenvalue weighted by Gasteiger charge is 2.13. The Kier molecular flexibility index (Phi) is 3.67. The zero-order valence-electron chi connectivity index (χ0n) is 10.1. The summed E-state index contributed by atoms with van der Waals surface area (Å²) in [5, 5.41) is 0. The molecule has 4 heteroatoms. The Morgan fingerprint density at radius 1 is 0.944 bits per heavy atom. The van der Waals surface area contributed by atoms with Gasteiger partial charge in [0.15, 0.2) is 0 Å². The summed E-state index contributed by atoms with van der Waals surface area (Å²) >= 11 is 0. The molecule has 94 valence electrons. The lowest BCUT2D eigenvalue weighted by Crippen LogP contribution is -2.12. The molecule has 0 amide bonds. The van der Waals surface area contributed by atoms with E-state index in [4.69, 9.17) is 0 Å². The van der Waals surface area contributed by atoms with E-state index in [1.807, 2.05) is 25.1 Å². The van der Waals surface area contributed by atoms with Crippen molar-refractivity contribution < 1.29 is 8.42 Å². The lowest BCUT2D eigenvalue weighted by Gasteiger charge is -2.08. The number of sulfonamides is 1. The smallest absolute Gasteiger partial charge is 0.261 e. The van der Waals surface area contributed by atoms with E-state index in [9.17, 15) is 8.42 Å². The van der Waals surface area contributed by atoms with Gasteiger partial charge >= 0.3 is 0 Å². The van der Waals surface area contributed by atoms with E-state index in [1.165, 1.54) is 0 Å². The highest BCUT2D eigenvalue weighted by atomic mass is 32.2. The second kappa shape index (κ2) is 5.23. The van der Waals surface area contributed by atoms with Crippen LogP contribution in [0, 0.1) is 0 Å². The minimum Gasteiger partial charge on any atom is -0.280 e. The molecule has 0 aliphatic rings. The van der Waals surface area contributed by atoms with Crippen molar-refractivity contribution in [2.24, 2.45) is 0 Å². The van der Waals surface area contributed by atoms with Crippen molar-refractivity contribution in [3.63, 3.8) is 0 Å². The lowest BCUT2D eigenvalue weighted by atomic mass is 10.2. The highest BCUT2D eigenvalue weighted by Crippen LogP contribution is 2.16. The molecule has 2 aromatic carbocycles. The molecule has 0 unspecified atom stereocenters. The molecule has 18 heavy (non-hydrogen) atoms. The van der Waals surface area contributed by atoms with Gasteiger partial charge < -0.3 is 0 Å². The molecular formula is C14H15NO2S. The van der Waals surface area contributed by atoms with Gasteiger partial charge in [0.1, 0.15) is 0 Å².